The van der Waals surface area contributed by atoms with Crippen LogP contribution in [0.3, 0.4) is 0 Å². The quantitative estimate of drug-likeness (QED) is 0.143. The molecule has 0 amide bonds. The van der Waals surface area contributed by atoms with E-state index in [9.17, 15) is 17.6 Å². The van der Waals surface area contributed by atoms with Crippen molar-refractivity contribution in [1.29, 1.82) is 0 Å². The Morgan fingerprint density at radius 2 is 0.616 bits per heavy atom. The summed E-state index contributed by atoms with van der Waals surface area (Å²) in [7, 11) is 0. The van der Waals surface area contributed by atoms with E-state index in [1.807, 2.05) is 48.5 Å². The smallest absolute Gasteiger partial charge is 0.110 e. The van der Waals surface area contributed by atoms with E-state index in [2.05, 4.69) is 194 Å². The van der Waals surface area contributed by atoms with Crippen LogP contribution in [-0.2, 0) is 0 Å². The molecule has 0 aliphatic heterocycles. The molecule has 0 saturated carbocycles. The molecule has 0 N–H and O–H groups in total. The first-order chi connectivity index (χ1) is 32.0. The molecular weight excluding hydrogens is 905 g/mol. The maximum atomic E-state index is 13.6. The minimum Gasteiger partial charge on any atom is -0.244 e. The van der Waals surface area contributed by atoms with Crippen molar-refractivity contribution in [3.8, 4) is 0 Å². The van der Waals surface area contributed by atoms with Crippen molar-refractivity contribution < 1.29 is 17.6 Å². The maximum absolute atomic E-state index is 13.6. The highest BCUT2D eigenvalue weighted by Crippen LogP contribution is 2.43. The molecule has 456 valence electrons. The second kappa shape index (κ2) is 43.6. The number of rotatable bonds is 15. The summed E-state index contributed by atoms with van der Waals surface area (Å²) in [6.45, 7) is 84.7. The predicted octanol–water partition coefficient (Wildman–Crippen LogP) is 27.2. The van der Waals surface area contributed by atoms with E-state index >= 15 is 0 Å². The van der Waals surface area contributed by atoms with Crippen molar-refractivity contribution in [2.45, 2.75) is 383 Å². The lowest BCUT2D eigenvalue weighted by Crippen LogP contribution is -2.34. The molecule has 0 aromatic heterocycles. The normalized spacial score (nSPS) is 14.1. The third-order valence-corrected chi connectivity index (χ3v) is 16.5. The lowest BCUT2D eigenvalue weighted by Gasteiger charge is -2.40. The van der Waals surface area contributed by atoms with E-state index in [1.165, 1.54) is 44.9 Å². The van der Waals surface area contributed by atoms with Crippen molar-refractivity contribution in [2.24, 2.45) is 68.0 Å². The van der Waals surface area contributed by atoms with Gasteiger partial charge in [-0.25, -0.2) is 17.6 Å². The van der Waals surface area contributed by atoms with Gasteiger partial charge in [-0.3, -0.25) is 0 Å². The van der Waals surface area contributed by atoms with Crippen LogP contribution in [0.5, 0.6) is 0 Å². The van der Waals surface area contributed by atoms with Gasteiger partial charge in [0.1, 0.15) is 22.7 Å². The molecule has 0 aromatic rings. The Morgan fingerprint density at radius 3 is 0.630 bits per heavy atom. The zero-order valence-electron chi connectivity index (χ0n) is 59.2. The first kappa shape index (κ1) is 92.1. The summed E-state index contributed by atoms with van der Waals surface area (Å²) in [5.74, 6) is 2.87. The second-order valence-corrected chi connectivity index (χ2v) is 30.1. The van der Waals surface area contributed by atoms with E-state index in [4.69, 9.17) is 0 Å². The molecule has 0 aliphatic carbocycles. The van der Waals surface area contributed by atoms with Crippen LogP contribution in [-0.4, -0.2) is 22.7 Å². The third kappa shape index (κ3) is 64.1. The van der Waals surface area contributed by atoms with Crippen LogP contribution < -0.4 is 0 Å². The number of halogens is 4. The molecule has 2 atom stereocenters. The lowest BCUT2D eigenvalue weighted by atomic mass is 9.65. The zero-order chi connectivity index (χ0) is 61.7. The Balaban J connectivity index is -0.0000000907. The summed E-state index contributed by atoms with van der Waals surface area (Å²) in [5.41, 5.74) is -0.737. The lowest BCUT2D eigenvalue weighted by molar-refractivity contribution is 0.0561. The molecule has 0 nitrogen and oxygen atoms in total. The molecule has 0 heterocycles. The van der Waals surface area contributed by atoms with Crippen molar-refractivity contribution in [3.05, 3.63) is 0 Å². The molecule has 0 spiro atoms. The minimum absolute atomic E-state index is 0.146. The van der Waals surface area contributed by atoms with Crippen LogP contribution in [0.15, 0.2) is 0 Å². The molecule has 4 heteroatoms. The molecule has 0 radical (unpaired) electrons. The average Bonchev–Trinajstić information content (AvgIpc) is 3.20. The molecule has 0 saturated heterocycles. The summed E-state index contributed by atoms with van der Waals surface area (Å²) in [6.07, 6.45) is 13.3. The van der Waals surface area contributed by atoms with Gasteiger partial charge in [0.25, 0.3) is 0 Å². The largest absolute Gasteiger partial charge is 0.244 e. The van der Waals surface area contributed by atoms with Gasteiger partial charge in [-0.2, -0.15) is 0 Å². The van der Waals surface area contributed by atoms with Crippen molar-refractivity contribution >= 4 is 0 Å². The van der Waals surface area contributed by atoms with Gasteiger partial charge in [0.15, 0.2) is 0 Å². The summed E-state index contributed by atoms with van der Waals surface area (Å²) in [6, 6.07) is 0. The van der Waals surface area contributed by atoms with Gasteiger partial charge in [0.2, 0.25) is 0 Å². The van der Waals surface area contributed by atoms with Gasteiger partial charge in [0, 0.05) is 0 Å². The van der Waals surface area contributed by atoms with Crippen molar-refractivity contribution in [2.75, 3.05) is 0 Å². The molecular formula is C69H152F4. The number of hydrogen-bond acceptors (Lipinski definition) is 0. The van der Waals surface area contributed by atoms with E-state index < -0.39 is 22.7 Å². The van der Waals surface area contributed by atoms with Crippen LogP contribution >= 0.6 is 0 Å². The van der Waals surface area contributed by atoms with Gasteiger partial charge in [-0.15, -0.1) is 0 Å². The van der Waals surface area contributed by atoms with Crippen LogP contribution in [0.2, 0.25) is 0 Å². The van der Waals surface area contributed by atoms with E-state index in [1.54, 1.807) is 34.6 Å². The summed E-state index contributed by atoms with van der Waals surface area (Å²) in [5, 5.41) is 0. The molecule has 73 heavy (non-hydrogen) atoms. The predicted molar refractivity (Wildman–Crippen MR) is 338 cm³/mol. The molecule has 0 fully saturated rings. The van der Waals surface area contributed by atoms with E-state index in [0.717, 1.165) is 18.3 Å². The van der Waals surface area contributed by atoms with Crippen molar-refractivity contribution in [3.63, 3.8) is 0 Å². The van der Waals surface area contributed by atoms with Gasteiger partial charge in [0.05, 0.1) is 0 Å². The van der Waals surface area contributed by atoms with Crippen LogP contribution in [0, 0.1) is 68.0 Å². The topological polar surface area (TPSA) is 0 Å². The van der Waals surface area contributed by atoms with E-state index in [-0.39, 0.29) is 11.8 Å². The fourth-order valence-electron chi connectivity index (χ4n) is 7.29. The van der Waals surface area contributed by atoms with Crippen molar-refractivity contribution in [1.82, 2.24) is 0 Å². The Kier molecular flexibility index (Phi) is 55.0. The monoisotopic (exact) mass is 1060 g/mol. The second-order valence-electron chi connectivity index (χ2n) is 30.1. The first-order valence-electron chi connectivity index (χ1n) is 30.7. The molecule has 0 bridgehead atoms. The number of hydrogen-bond donors (Lipinski definition) is 0. The van der Waals surface area contributed by atoms with E-state index in [0.29, 0.717) is 76.4 Å². The molecule has 0 aromatic carbocycles. The minimum atomic E-state index is -1.04. The highest BCUT2D eigenvalue weighted by atomic mass is 19.2. The molecule has 2 unspecified atom stereocenters. The van der Waals surface area contributed by atoms with Gasteiger partial charge in [-0.05, 0) is 141 Å². The average molecular weight is 1060 g/mol. The van der Waals surface area contributed by atoms with Crippen LogP contribution in [0.1, 0.15) is 360 Å². The Hall–Kier alpha value is -0.280. The van der Waals surface area contributed by atoms with Gasteiger partial charge >= 0.3 is 0 Å². The molecule has 0 aliphatic rings. The van der Waals surface area contributed by atoms with Crippen LogP contribution in [0.4, 0.5) is 17.6 Å². The fraction of sp³-hybridized carbons (Fsp3) is 1.00. The third-order valence-electron chi connectivity index (χ3n) is 16.5. The van der Waals surface area contributed by atoms with Gasteiger partial charge in [-0.1, -0.05) is 287 Å². The Morgan fingerprint density at radius 1 is 0.329 bits per heavy atom. The SMILES string of the molecule is CC(C)C(C(C)C)C(C)(C)F.CC(C)C(C)(C)C.CCC(C)(C)C.CCC(C)(CC)C(C)(C)C.CCC(C)(F)C(C)C.CCC(C)(F)CC.CCC(CC)C(C)(C)C.CCCC(C)(C)C.CCCC(C)(F)CC. The standard InChI is InChI=1S/C10H21F.C10H22.C9H20.2C7H15F.2C7H16.C6H13F.C6H14/c1-7(2)9(8(3)4)10(5,6)11;1-7-10(6,8-2)9(3,4)5;1-6-8(7-2)9(3,4)5;1-5-7(4,8)6(2)3;1-4-6-7(3,8)5-2;1-6(2)7(3,4)5;1-5-6-7(2,3)4;1-4-6(3,7)5-2;1-5-6(2,3)4/h7-9H,1-6H3;7-8H2,1-6H3;8H,6-7H2,1-5H3;6H,5H2,1-4H3;4-6H2,1-3H3;6H,1-5H3;5-6H2,1-4H3;4-5H2,1-3H3;5H2,1-4H3. The Bertz CT molecular complexity index is 1100. The fourth-order valence-corrected chi connectivity index (χ4v) is 7.29. The summed E-state index contributed by atoms with van der Waals surface area (Å²) < 4.78 is 51.9. The highest BCUT2D eigenvalue weighted by Gasteiger charge is 2.34. The summed E-state index contributed by atoms with van der Waals surface area (Å²) in [4.78, 5) is 0. The maximum Gasteiger partial charge on any atom is 0.110 e. The van der Waals surface area contributed by atoms with Gasteiger partial charge < -0.3 is 0 Å². The summed E-state index contributed by atoms with van der Waals surface area (Å²) >= 11 is 0. The first-order valence-corrected chi connectivity index (χ1v) is 30.7. The Labute approximate surface area is 466 Å². The highest BCUT2D eigenvalue weighted by molar-refractivity contribution is 4.84. The number of alkyl halides is 4. The van der Waals surface area contributed by atoms with Crippen LogP contribution in [0.25, 0.3) is 0 Å². The molecule has 0 rings (SSSR count). The zero-order valence-corrected chi connectivity index (χ0v) is 59.2.